The van der Waals surface area contributed by atoms with Crippen LogP contribution in [-0.2, 0) is 9.53 Å². The fourth-order valence-corrected chi connectivity index (χ4v) is 1.89. The first-order valence-corrected chi connectivity index (χ1v) is 5.27. The quantitative estimate of drug-likeness (QED) is 0.739. The predicted molar refractivity (Wildman–Crippen MR) is 60.2 cm³/mol. The van der Waals surface area contributed by atoms with E-state index >= 15 is 0 Å². The summed E-state index contributed by atoms with van der Waals surface area (Å²) in [7, 11) is 1.69. The molecule has 2 aliphatic rings. The first-order valence-electron chi connectivity index (χ1n) is 5.27. The summed E-state index contributed by atoms with van der Waals surface area (Å²) < 4.78 is 5.19. The molecule has 4 nitrogen and oxygen atoms in total. The van der Waals surface area contributed by atoms with Gasteiger partial charge in [-0.3, -0.25) is 4.79 Å². The second kappa shape index (κ2) is 5.14. The van der Waals surface area contributed by atoms with Gasteiger partial charge in [-0.1, -0.05) is 6.92 Å². The van der Waals surface area contributed by atoms with Crippen molar-refractivity contribution >= 4 is 18.3 Å². The number of hydrogen-bond acceptors (Lipinski definition) is 3. The number of amides is 1. The molecule has 1 aliphatic carbocycles. The Morgan fingerprint density at radius 3 is 2.60 bits per heavy atom. The van der Waals surface area contributed by atoms with Crippen LogP contribution in [0, 0.1) is 5.92 Å². The van der Waals surface area contributed by atoms with E-state index in [1.807, 2.05) is 0 Å². The molecule has 1 heterocycles. The molecule has 0 bridgehead atoms. The lowest BCUT2D eigenvalue weighted by Crippen LogP contribution is -2.41. The molecule has 0 aromatic rings. The van der Waals surface area contributed by atoms with Crippen molar-refractivity contribution < 1.29 is 9.53 Å². The van der Waals surface area contributed by atoms with Gasteiger partial charge in [0.15, 0.2) is 0 Å². The SMILES string of the molecule is CO[C@@H]1CN[C@@H](C(=O)NC2CC2C)C1.Cl. The van der Waals surface area contributed by atoms with Gasteiger partial charge in [0.25, 0.3) is 0 Å². The van der Waals surface area contributed by atoms with Gasteiger partial charge < -0.3 is 15.4 Å². The molecular formula is C10H19ClN2O2. The van der Waals surface area contributed by atoms with Gasteiger partial charge in [0.05, 0.1) is 12.1 Å². The summed E-state index contributed by atoms with van der Waals surface area (Å²) in [6.45, 7) is 2.94. The van der Waals surface area contributed by atoms with Crippen LogP contribution in [0.1, 0.15) is 19.8 Å². The Balaban J connectivity index is 0.00000112. The van der Waals surface area contributed by atoms with Gasteiger partial charge in [-0.2, -0.15) is 0 Å². The van der Waals surface area contributed by atoms with Gasteiger partial charge >= 0.3 is 0 Å². The standard InChI is InChI=1S/C10H18N2O2.ClH/c1-6-3-8(6)12-10(13)9-4-7(14-2)5-11-9;/h6-9,11H,3-5H2,1-2H3,(H,12,13);1H/t6?,7-,8?,9+;/m0./s1. The highest BCUT2D eigenvalue weighted by molar-refractivity contribution is 5.85. The van der Waals surface area contributed by atoms with Crippen LogP contribution in [0.3, 0.4) is 0 Å². The van der Waals surface area contributed by atoms with Crippen LogP contribution < -0.4 is 10.6 Å². The molecule has 0 aromatic heterocycles. The third-order valence-electron chi connectivity index (χ3n) is 3.18. The van der Waals surface area contributed by atoms with Crippen molar-refractivity contribution in [3.8, 4) is 0 Å². The Hall–Kier alpha value is -0.320. The Morgan fingerprint density at radius 2 is 2.13 bits per heavy atom. The number of nitrogens with one attached hydrogen (secondary N) is 2. The van der Waals surface area contributed by atoms with Crippen LogP contribution in [0.25, 0.3) is 0 Å². The Kier molecular flexibility index (Phi) is 4.37. The molecule has 0 aromatic carbocycles. The number of rotatable bonds is 3. The van der Waals surface area contributed by atoms with Crippen molar-refractivity contribution in [3.63, 3.8) is 0 Å². The second-order valence-corrected chi connectivity index (χ2v) is 4.38. The van der Waals surface area contributed by atoms with Gasteiger partial charge in [-0.05, 0) is 18.8 Å². The van der Waals surface area contributed by atoms with Crippen LogP contribution in [0.4, 0.5) is 0 Å². The van der Waals surface area contributed by atoms with Crippen LogP contribution in [0.5, 0.6) is 0 Å². The normalized spacial score (nSPS) is 38.3. The molecule has 1 saturated heterocycles. The summed E-state index contributed by atoms with van der Waals surface area (Å²) in [6, 6.07) is 0.374. The smallest absolute Gasteiger partial charge is 0.237 e. The van der Waals surface area contributed by atoms with E-state index in [2.05, 4.69) is 17.6 Å². The van der Waals surface area contributed by atoms with E-state index in [0.717, 1.165) is 19.4 Å². The molecule has 1 amide bonds. The van der Waals surface area contributed by atoms with Crippen LogP contribution in [0.2, 0.25) is 0 Å². The summed E-state index contributed by atoms with van der Waals surface area (Å²) in [4.78, 5) is 11.7. The van der Waals surface area contributed by atoms with E-state index in [4.69, 9.17) is 4.74 Å². The second-order valence-electron chi connectivity index (χ2n) is 4.38. The minimum absolute atomic E-state index is 0. The van der Waals surface area contributed by atoms with Gasteiger partial charge in [0, 0.05) is 19.7 Å². The highest BCUT2D eigenvalue weighted by Gasteiger charge is 2.37. The highest BCUT2D eigenvalue weighted by atomic mass is 35.5. The molecule has 88 valence electrons. The molecule has 0 radical (unpaired) electrons. The fraction of sp³-hybridized carbons (Fsp3) is 0.900. The van der Waals surface area contributed by atoms with Gasteiger partial charge in [0.1, 0.15) is 0 Å². The van der Waals surface area contributed by atoms with Crippen LogP contribution in [-0.4, -0.2) is 37.7 Å². The molecule has 2 rings (SSSR count). The molecule has 1 aliphatic heterocycles. The highest BCUT2D eigenvalue weighted by Crippen LogP contribution is 2.29. The number of methoxy groups -OCH3 is 1. The summed E-state index contributed by atoms with van der Waals surface area (Å²) >= 11 is 0. The first-order chi connectivity index (χ1) is 6.70. The lowest BCUT2D eigenvalue weighted by molar-refractivity contribution is -0.123. The first kappa shape index (κ1) is 12.7. The van der Waals surface area contributed by atoms with Crippen molar-refractivity contribution in [1.29, 1.82) is 0 Å². The van der Waals surface area contributed by atoms with Gasteiger partial charge in [-0.25, -0.2) is 0 Å². The lowest BCUT2D eigenvalue weighted by atomic mass is 10.2. The van der Waals surface area contributed by atoms with Crippen molar-refractivity contribution in [1.82, 2.24) is 10.6 Å². The summed E-state index contributed by atoms with van der Waals surface area (Å²) in [6.07, 6.45) is 2.12. The molecule has 4 atom stereocenters. The third-order valence-corrected chi connectivity index (χ3v) is 3.18. The summed E-state index contributed by atoms with van der Waals surface area (Å²) in [5, 5.41) is 6.20. The van der Waals surface area contributed by atoms with E-state index in [1.54, 1.807) is 7.11 Å². The maximum absolute atomic E-state index is 11.7. The van der Waals surface area contributed by atoms with Crippen molar-refractivity contribution in [2.75, 3.05) is 13.7 Å². The van der Waals surface area contributed by atoms with Gasteiger partial charge in [0.2, 0.25) is 5.91 Å². The lowest BCUT2D eigenvalue weighted by Gasteiger charge is -2.10. The molecular weight excluding hydrogens is 216 g/mol. The molecule has 15 heavy (non-hydrogen) atoms. The average molecular weight is 235 g/mol. The molecule has 1 saturated carbocycles. The van der Waals surface area contributed by atoms with Crippen molar-refractivity contribution in [2.45, 2.75) is 38.0 Å². The maximum Gasteiger partial charge on any atom is 0.237 e. The Bertz CT molecular complexity index is 237. The number of halogens is 1. The number of carbonyl (C=O) groups is 1. The zero-order valence-electron chi connectivity index (χ0n) is 9.16. The van der Waals surface area contributed by atoms with Crippen molar-refractivity contribution in [2.24, 2.45) is 5.92 Å². The van der Waals surface area contributed by atoms with Crippen LogP contribution in [0.15, 0.2) is 0 Å². The minimum Gasteiger partial charge on any atom is -0.380 e. The van der Waals surface area contributed by atoms with E-state index in [0.29, 0.717) is 12.0 Å². The zero-order chi connectivity index (χ0) is 10.1. The monoisotopic (exact) mass is 234 g/mol. The number of hydrogen-bond donors (Lipinski definition) is 2. The molecule has 2 unspecified atom stereocenters. The molecule has 5 heteroatoms. The molecule has 2 N–H and O–H groups in total. The van der Waals surface area contributed by atoms with E-state index in [9.17, 15) is 4.79 Å². The van der Waals surface area contributed by atoms with Crippen LogP contribution >= 0.6 is 12.4 Å². The molecule has 0 spiro atoms. The van der Waals surface area contributed by atoms with Crippen molar-refractivity contribution in [3.05, 3.63) is 0 Å². The van der Waals surface area contributed by atoms with Gasteiger partial charge in [-0.15, -0.1) is 12.4 Å². The minimum atomic E-state index is -0.0484. The Labute approximate surface area is 96.5 Å². The van der Waals surface area contributed by atoms with E-state index < -0.39 is 0 Å². The zero-order valence-corrected chi connectivity index (χ0v) is 9.97. The predicted octanol–water partition coefficient (Wildman–Crippen LogP) is 0.310. The third kappa shape index (κ3) is 3.06. The average Bonchev–Trinajstić information content (AvgIpc) is 2.72. The Morgan fingerprint density at radius 1 is 1.47 bits per heavy atom. The number of ether oxygens (including phenoxy) is 1. The number of carbonyl (C=O) groups excluding carboxylic acids is 1. The summed E-state index contributed by atoms with van der Waals surface area (Å²) in [5.41, 5.74) is 0. The summed E-state index contributed by atoms with van der Waals surface area (Å²) in [5.74, 6) is 0.803. The molecule has 2 fully saturated rings. The topological polar surface area (TPSA) is 50.4 Å². The largest absolute Gasteiger partial charge is 0.380 e. The van der Waals surface area contributed by atoms with E-state index in [1.165, 1.54) is 0 Å². The maximum atomic E-state index is 11.7. The van der Waals surface area contributed by atoms with E-state index in [-0.39, 0.29) is 30.5 Å². The fourth-order valence-electron chi connectivity index (χ4n) is 1.89.